The van der Waals surface area contributed by atoms with E-state index in [1.807, 2.05) is 0 Å². The zero-order chi connectivity index (χ0) is 18.0. The number of sulfone groups is 1. The summed E-state index contributed by atoms with van der Waals surface area (Å²) >= 11 is 0. The predicted molar refractivity (Wildman–Crippen MR) is 87.4 cm³/mol. The first-order valence-corrected chi connectivity index (χ1v) is 9.05. The van der Waals surface area contributed by atoms with Crippen LogP contribution in [0.15, 0.2) is 28.2 Å². The van der Waals surface area contributed by atoms with Crippen molar-refractivity contribution in [1.82, 2.24) is 0 Å². The molecule has 24 heavy (non-hydrogen) atoms. The topological polar surface area (TPSA) is 144 Å². The highest BCUT2D eigenvalue weighted by molar-refractivity contribution is 7.90. The van der Waals surface area contributed by atoms with Gasteiger partial charge >= 0.3 is 0 Å². The second-order valence-electron chi connectivity index (χ2n) is 4.85. The minimum absolute atomic E-state index is 0.0769. The van der Waals surface area contributed by atoms with E-state index >= 15 is 0 Å². The number of rotatable bonds is 11. The number of nitrogens with zero attached hydrogens (tertiary/aromatic N) is 3. The molecule has 1 aromatic carbocycles. The molecule has 0 fully saturated rings. The molecule has 0 aliphatic heterocycles. The summed E-state index contributed by atoms with van der Waals surface area (Å²) in [4.78, 5) is 14.2. The first kappa shape index (κ1) is 19.9. The highest BCUT2D eigenvalue weighted by Gasteiger charge is 2.18. The van der Waals surface area contributed by atoms with Gasteiger partial charge in [0.15, 0.2) is 9.84 Å². The molecule has 0 aliphatic carbocycles. The molecular formula is C14H20N4O5S. The summed E-state index contributed by atoms with van der Waals surface area (Å²) in [5, 5.41) is 3.32. The minimum atomic E-state index is -3.48. The van der Waals surface area contributed by atoms with Gasteiger partial charge in [0, 0.05) is 23.3 Å². The Labute approximate surface area is 140 Å². The van der Waals surface area contributed by atoms with Gasteiger partial charge in [0.05, 0.1) is 31.3 Å². The number of hydrogen-bond donors (Lipinski definition) is 1. The number of ether oxygens (including phenoxy) is 2. The molecule has 0 atom stereocenters. The molecule has 0 saturated heterocycles. The number of hydrogen-bond acceptors (Lipinski definition) is 6. The van der Waals surface area contributed by atoms with Gasteiger partial charge in [0.25, 0.3) is 0 Å². The van der Waals surface area contributed by atoms with Crippen LogP contribution < -0.4 is 5.73 Å². The average Bonchev–Trinajstić information content (AvgIpc) is 2.52. The van der Waals surface area contributed by atoms with Gasteiger partial charge in [-0.3, -0.25) is 4.79 Å². The third kappa shape index (κ3) is 6.55. The maximum Gasteiger partial charge on any atom is 0.249 e. The fourth-order valence-corrected chi connectivity index (χ4v) is 3.03. The van der Waals surface area contributed by atoms with E-state index in [9.17, 15) is 13.2 Å². The van der Waals surface area contributed by atoms with Gasteiger partial charge in [-0.15, -0.1) is 0 Å². The molecule has 0 saturated carbocycles. The van der Waals surface area contributed by atoms with Crippen molar-refractivity contribution in [3.63, 3.8) is 0 Å². The van der Waals surface area contributed by atoms with Crippen molar-refractivity contribution in [3.05, 3.63) is 39.8 Å². The molecule has 9 nitrogen and oxygen atoms in total. The predicted octanol–water partition coefficient (Wildman–Crippen LogP) is 1.08. The quantitative estimate of drug-likeness (QED) is 0.273. The monoisotopic (exact) mass is 356 g/mol. The summed E-state index contributed by atoms with van der Waals surface area (Å²) < 4.78 is 34.2. The van der Waals surface area contributed by atoms with E-state index in [-0.39, 0.29) is 30.0 Å². The Morgan fingerprint density at radius 2 is 1.92 bits per heavy atom. The third-order valence-corrected chi connectivity index (χ3v) is 4.25. The van der Waals surface area contributed by atoms with Gasteiger partial charge in [0.1, 0.15) is 0 Å². The lowest BCUT2D eigenvalue weighted by Gasteiger charge is -2.12. The molecule has 2 N–H and O–H groups in total. The molecule has 1 amide bonds. The Bertz CT molecular complexity index is 714. The van der Waals surface area contributed by atoms with Crippen LogP contribution in [0.4, 0.5) is 0 Å². The Kier molecular flexibility index (Phi) is 8.20. The van der Waals surface area contributed by atoms with Gasteiger partial charge in [0.2, 0.25) is 5.91 Å². The van der Waals surface area contributed by atoms with Crippen molar-refractivity contribution in [2.75, 3.05) is 39.2 Å². The first-order chi connectivity index (χ1) is 11.4. The van der Waals surface area contributed by atoms with E-state index in [1.54, 1.807) is 0 Å². The van der Waals surface area contributed by atoms with Crippen molar-refractivity contribution in [3.8, 4) is 0 Å². The number of nitrogens with two attached hydrogens (primary N) is 1. The summed E-state index contributed by atoms with van der Waals surface area (Å²) in [6, 6.07) is 4.42. The smallest absolute Gasteiger partial charge is 0.249 e. The molecule has 0 aliphatic rings. The van der Waals surface area contributed by atoms with Crippen LogP contribution in [-0.4, -0.2) is 53.6 Å². The highest BCUT2D eigenvalue weighted by Crippen LogP contribution is 2.20. The Morgan fingerprint density at radius 1 is 1.25 bits per heavy atom. The van der Waals surface area contributed by atoms with Crippen LogP contribution in [0.5, 0.6) is 0 Å². The van der Waals surface area contributed by atoms with Crippen molar-refractivity contribution in [2.24, 2.45) is 10.8 Å². The summed E-state index contributed by atoms with van der Waals surface area (Å²) in [7, 11) is -3.48. The van der Waals surface area contributed by atoms with Crippen LogP contribution in [0.25, 0.3) is 10.4 Å². The van der Waals surface area contributed by atoms with Crippen LogP contribution >= 0.6 is 0 Å². The van der Waals surface area contributed by atoms with Crippen LogP contribution in [-0.2, 0) is 25.7 Å². The molecule has 132 valence electrons. The first-order valence-electron chi connectivity index (χ1n) is 7.16. The van der Waals surface area contributed by atoms with E-state index in [0.29, 0.717) is 25.4 Å². The number of primary amides is 1. The summed E-state index contributed by atoms with van der Waals surface area (Å²) in [6.07, 6.45) is 1.31. The number of amides is 1. The summed E-state index contributed by atoms with van der Waals surface area (Å²) in [5.41, 5.74) is 13.9. The normalized spacial score (nSPS) is 11.0. The fourth-order valence-electron chi connectivity index (χ4n) is 2.05. The maximum atomic E-state index is 11.8. The highest BCUT2D eigenvalue weighted by atomic mass is 32.2. The van der Waals surface area contributed by atoms with Crippen LogP contribution in [0.2, 0.25) is 0 Å². The van der Waals surface area contributed by atoms with Gasteiger partial charge in [-0.05, 0) is 29.6 Å². The van der Waals surface area contributed by atoms with Crippen LogP contribution in [0.3, 0.4) is 0 Å². The Balaban J connectivity index is 2.58. The number of carbonyl (C=O) groups is 1. The van der Waals surface area contributed by atoms with Crippen LogP contribution in [0, 0.1) is 0 Å². The van der Waals surface area contributed by atoms with E-state index in [0.717, 1.165) is 6.26 Å². The second-order valence-corrected chi connectivity index (χ2v) is 6.83. The molecule has 0 spiro atoms. The zero-order valence-electron chi connectivity index (χ0n) is 13.3. The van der Waals surface area contributed by atoms with E-state index in [2.05, 4.69) is 10.0 Å². The third-order valence-electron chi connectivity index (χ3n) is 3.07. The van der Waals surface area contributed by atoms with E-state index in [1.165, 1.54) is 18.2 Å². The summed E-state index contributed by atoms with van der Waals surface area (Å²) in [5.74, 6) is -0.683. The standard InChI is InChI=1S/C14H20N4O5S/c1-24(20,21)13-4-2-3-12(14(15)19)11(13)5-7-22-9-10-23-8-6-17-18-16/h2-4H,5-10H2,1H3,(H2,15,19). The van der Waals surface area contributed by atoms with Crippen molar-refractivity contribution in [2.45, 2.75) is 11.3 Å². The lowest BCUT2D eigenvalue weighted by molar-refractivity contribution is 0.0517. The molecule has 0 radical (unpaired) electrons. The number of azide groups is 1. The van der Waals surface area contributed by atoms with E-state index < -0.39 is 15.7 Å². The SMILES string of the molecule is CS(=O)(=O)c1cccc(C(N)=O)c1CCOCCOCCN=[N+]=[N-]. The molecule has 0 bridgehead atoms. The number of benzene rings is 1. The molecule has 1 aromatic rings. The van der Waals surface area contributed by atoms with Gasteiger partial charge in [-0.2, -0.15) is 0 Å². The Morgan fingerprint density at radius 3 is 2.50 bits per heavy atom. The minimum Gasteiger partial charge on any atom is -0.379 e. The van der Waals surface area contributed by atoms with Crippen molar-refractivity contribution < 1.29 is 22.7 Å². The zero-order valence-corrected chi connectivity index (χ0v) is 14.2. The fraction of sp³-hybridized carbons (Fsp3) is 0.500. The van der Waals surface area contributed by atoms with Crippen molar-refractivity contribution in [1.29, 1.82) is 0 Å². The largest absolute Gasteiger partial charge is 0.379 e. The van der Waals surface area contributed by atoms with Gasteiger partial charge in [-0.1, -0.05) is 11.2 Å². The summed E-state index contributed by atoms with van der Waals surface area (Å²) in [6.45, 7) is 1.38. The Hall–Kier alpha value is -2.13. The van der Waals surface area contributed by atoms with Crippen molar-refractivity contribution >= 4 is 15.7 Å². The molecule has 0 heterocycles. The second kappa shape index (κ2) is 9.89. The number of carbonyl (C=O) groups excluding carboxylic acids is 1. The molecular weight excluding hydrogens is 336 g/mol. The van der Waals surface area contributed by atoms with Gasteiger partial charge < -0.3 is 15.2 Å². The van der Waals surface area contributed by atoms with E-state index in [4.69, 9.17) is 20.7 Å². The van der Waals surface area contributed by atoms with Crippen LogP contribution in [0.1, 0.15) is 15.9 Å². The molecule has 10 heteroatoms. The lowest BCUT2D eigenvalue weighted by atomic mass is 10.0. The van der Waals surface area contributed by atoms with Gasteiger partial charge in [-0.25, -0.2) is 8.42 Å². The lowest BCUT2D eigenvalue weighted by Crippen LogP contribution is -2.18. The molecule has 0 unspecified atom stereocenters. The maximum absolute atomic E-state index is 11.8. The molecule has 0 aromatic heterocycles. The average molecular weight is 356 g/mol. The molecule has 1 rings (SSSR count).